The third-order valence-corrected chi connectivity index (χ3v) is 11.8. The van der Waals surface area contributed by atoms with Gasteiger partial charge in [-0.25, -0.2) is 8.51 Å². The molecule has 9 heteroatoms. The zero-order valence-electron chi connectivity index (χ0n) is 23.9. The van der Waals surface area contributed by atoms with Crippen molar-refractivity contribution in [3.05, 3.63) is 70.3 Å². The zero-order valence-corrected chi connectivity index (χ0v) is 25.4. The van der Waals surface area contributed by atoms with Gasteiger partial charge in [0, 0.05) is 42.2 Å². The summed E-state index contributed by atoms with van der Waals surface area (Å²) in [4.78, 5) is 15.8. The molecule has 1 fully saturated rings. The predicted molar refractivity (Wildman–Crippen MR) is 166 cm³/mol. The lowest BCUT2D eigenvalue weighted by Crippen LogP contribution is -2.49. The molecular formula is C32H40ClN3O4S. The molecule has 1 unspecified atom stereocenters. The fourth-order valence-corrected chi connectivity index (χ4v) is 8.50. The van der Waals surface area contributed by atoms with Crippen LogP contribution < -0.4 is 14.4 Å². The number of anilines is 1. The number of hydrogen-bond donors (Lipinski definition) is 2. The van der Waals surface area contributed by atoms with E-state index in [9.17, 15) is 14.1 Å². The van der Waals surface area contributed by atoms with Crippen molar-refractivity contribution in [1.82, 2.24) is 9.03 Å². The molecule has 7 nitrogen and oxygen atoms in total. The van der Waals surface area contributed by atoms with Crippen LogP contribution in [-0.4, -0.2) is 64.3 Å². The minimum atomic E-state index is -3.08. The Morgan fingerprint density at radius 2 is 2.05 bits per heavy atom. The van der Waals surface area contributed by atoms with Gasteiger partial charge in [0.25, 0.3) is 5.91 Å². The van der Waals surface area contributed by atoms with Crippen molar-refractivity contribution < 1.29 is 18.8 Å². The number of benzene rings is 2. The second-order valence-corrected chi connectivity index (χ2v) is 14.9. The molecule has 1 amide bonds. The molecule has 0 aromatic heterocycles. The lowest BCUT2D eigenvalue weighted by Gasteiger charge is -2.45. The Hall–Kier alpha value is -2.52. The minimum Gasteiger partial charge on any atom is -0.490 e. The first kappa shape index (κ1) is 28.6. The van der Waals surface area contributed by atoms with Crippen molar-refractivity contribution >= 4 is 39.0 Å². The molecule has 1 saturated carbocycles. The van der Waals surface area contributed by atoms with Gasteiger partial charge in [0.1, 0.15) is 15.6 Å². The Morgan fingerprint density at radius 1 is 1.22 bits per heavy atom. The monoisotopic (exact) mass is 597 g/mol. The van der Waals surface area contributed by atoms with Gasteiger partial charge in [-0.2, -0.15) is 0 Å². The Bertz CT molecular complexity index is 1480. The van der Waals surface area contributed by atoms with E-state index >= 15 is 0 Å². The average molecular weight is 598 g/mol. The first-order chi connectivity index (χ1) is 19.6. The van der Waals surface area contributed by atoms with Gasteiger partial charge >= 0.3 is 0 Å². The lowest BCUT2D eigenvalue weighted by molar-refractivity contribution is 0.0456. The van der Waals surface area contributed by atoms with Crippen LogP contribution in [0.1, 0.15) is 60.5 Å². The van der Waals surface area contributed by atoms with Crippen LogP contribution in [0.15, 0.2) is 48.6 Å². The van der Waals surface area contributed by atoms with Gasteiger partial charge in [-0.15, -0.1) is 0 Å². The summed E-state index contributed by atoms with van der Waals surface area (Å²) in [6.07, 6.45) is 8.96. The van der Waals surface area contributed by atoms with Crippen LogP contribution in [0.25, 0.3) is 0 Å². The van der Waals surface area contributed by atoms with Crippen LogP contribution in [0.2, 0.25) is 5.02 Å². The molecule has 2 aliphatic heterocycles. The van der Waals surface area contributed by atoms with E-state index in [4.69, 9.17) is 16.3 Å². The molecule has 2 N–H and O–H groups in total. The maximum atomic E-state index is 13.5. The molecule has 2 aromatic carbocycles. The molecule has 4 aliphatic rings. The minimum absolute atomic E-state index is 0.144. The molecule has 6 rings (SSSR count). The normalized spacial score (nSPS) is 34.8. The standard InChI is InChI=1S/C32H40ClN3O4S/c1-21-6-4-8-29(37)26-12-9-24(26)18-36-19-32(15-5-7-22-16-25(33)11-13-27(22)32)20-40-30-14-10-23(17-28(30)36)31(38)34-41(3,39)35(21)2/h4,8,10-11,13-14,16-17,21,24,26,29,37H,3,5-7,9,12,15,18-20H2,1-2H3,(H,34,38,39)/b8-4+/t21-,24-,26+,29-,32-,41?/m0/s1. The van der Waals surface area contributed by atoms with E-state index in [0.717, 1.165) is 61.7 Å². The molecule has 0 saturated heterocycles. The van der Waals surface area contributed by atoms with Crippen LogP contribution >= 0.6 is 11.6 Å². The van der Waals surface area contributed by atoms with E-state index in [-0.39, 0.29) is 17.4 Å². The second-order valence-electron chi connectivity index (χ2n) is 12.4. The van der Waals surface area contributed by atoms with Crippen molar-refractivity contribution in [2.75, 3.05) is 31.6 Å². The molecule has 0 radical (unpaired) electrons. The second kappa shape index (κ2) is 11.0. The van der Waals surface area contributed by atoms with Crippen molar-refractivity contribution in [1.29, 1.82) is 0 Å². The maximum absolute atomic E-state index is 13.5. The van der Waals surface area contributed by atoms with Gasteiger partial charge in [0.05, 0.1) is 18.4 Å². The van der Waals surface area contributed by atoms with E-state index in [2.05, 4.69) is 27.6 Å². The summed E-state index contributed by atoms with van der Waals surface area (Å²) in [6, 6.07) is 11.5. The van der Waals surface area contributed by atoms with E-state index in [1.807, 2.05) is 37.3 Å². The predicted octanol–water partition coefficient (Wildman–Crippen LogP) is 4.76. The SMILES string of the molecule is C=S1(=O)NC(=O)c2ccc3c(c2)N(C[C@@H]2CC[C@H]2[C@@H](O)/C=C/C[C@H](C)N1C)C[C@@]1(CCCc2cc(Cl)ccc21)CO3. The summed E-state index contributed by atoms with van der Waals surface area (Å²) < 4.78 is 24.3. The fraction of sp³-hybridized carbons (Fsp3) is 0.500. The number of carbonyl (C=O) groups excluding carboxylic acids is 1. The highest BCUT2D eigenvalue weighted by Gasteiger charge is 2.44. The maximum Gasteiger partial charge on any atom is 0.263 e. The molecule has 41 heavy (non-hydrogen) atoms. The van der Waals surface area contributed by atoms with Crippen molar-refractivity contribution in [2.24, 2.45) is 11.8 Å². The number of ether oxygens (including phenoxy) is 1. The number of fused-ring (bicyclic) bond motifs is 4. The van der Waals surface area contributed by atoms with E-state index in [0.29, 0.717) is 24.5 Å². The van der Waals surface area contributed by atoms with E-state index < -0.39 is 21.9 Å². The topological polar surface area (TPSA) is 82.1 Å². The quantitative estimate of drug-likeness (QED) is 0.338. The van der Waals surface area contributed by atoms with Gasteiger partial charge in [0.2, 0.25) is 0 Å². The summed E-state index contributed by atoms with van der Waals surface area (Å²) in [5.74, 6) is 4.65. The number of aliphatic hydroxyl groups excluding tert-OH is 1. The van der Waals surface area contributed by atoms with E-state index in [1.54, 1.807) is 17.4 Å². The number of rotatable bonds is 0. The summed E-state index contributed by atoms with van der Waals surface area (Å²) in [7, 11) is -1.37. The third kappa shape index (κ3) is 5.40. The summed E-state index contributed by atoms with van der Waals surface area (Å²) in [5.41, 5.74) is 3.61. The molecule has 2 aliphatic carbocycles. The first-order valence-corrected chi connectivity index (χ1v) is 16.7. The van der Waals surface area contributed by atoms with Crippen LogP contribution in [0, 0.1) is 11.8 Å². The van der Waals surface area contributed by atoms with Crippen molar-refractivity contribution in [2.45, 2.75) is 63.0 Å². The Balaban J connectivity index is 1.42. The Kier molecular flexibility index (Phi) is 7.64. The number of aryl methyl sites for hydroxylation is 1. The zero-order chi connectivity index (χ0) is 28.9. The van der Waals surface area contributed by atoms with Gasteiger partial charge in [-0.1, -0.05) is 29.8 Å². The molecule has 2 bridgehead atoms. The van der Waals surface area contributed by atoms with Crippen LogP contribution in [0.4, 0.5) is 5.69 Å². The van der Waals surface area contributed by atoms with Crippen LogP contribution in [0.5, 0.6) is 5.75 Å². The molecule has 220 valence electrons. The number of carbonyl (C=O) groups is 1. The largest absolute Gasteiger partial charge is 0.490 e. The summed E-state index contributed by atoms with van der Waals surface area (Å²) in [5, 5.41) is 11.9. The Labute approximate surface area is 248 Å². The van der Waals surface area contributed by atoms with Crippen LogP contribution in [0.3, 0.4) is 0 Å². The summed E-state index contributed by atoms with van der Waals surface area (Å²) in [6.45, 7) is 3.97. The molecule has 6 atom stereocenters. The number of hydrogen-bond acceptors (Lipinski definition) is 5. The lowest BCUT2D eigenvalue weighted by atomic mass is 9.68. The molecule has 2 aromatic rings. The number of amides is 1. The van der Waals surface area contributed by atoms with Gasteiger partial charge in [0.15, 0.2) is 0 Å². The van der Waals surface area contributed by atoms with Gasteiger partial charge in [-0.3, -0.25) is 9.52 Å². The highest BCUT2D eigenvalue weighted by Crippen LogP contribution is 2.46. The highest BCUT2D eigenvalue weighted by molar-refractivity contribution is 7.96. The molecule has 2 heterocycles. The van der Waals surface area contributed by atoms with Gasteiger partial charge in [-0.05, 0) is 105 Å². The van der Waals surface area contributed by atoms with Crippen LogP contribution in [-0.2, 0) is 21.7 Å². The highest BCUT2D eigenvalue weighted by atomic mass is 35.5. The Morgan fingerprint density at radius 3 is 2.83 bits per heavy atom. The van der Waals surface area contributed by atoms with Gasteiger partial charge < -0.3 is 14.7 Å². The smallest absolute Gasteiger partial charge is 0.263 e. The summed E-state index contributed by atoms with van der Waals surface area (Å²) >= 11 is 6.39. The first-order valence-electron chi connectivity index (χ1n) is 14.6. The number of halogens is 1. The number of nitrogens with one attached hydrogen (secondary N) is 1. The van der Waals surface area contributed by atoms with Crippen molar-refractivity contribution in [3.8, 4) is 5.75 Å². The van der Waals surface area contributed by atoms with E-state index in [1.165, 1.54) is 11.1 Å². The van der Waals surface area contributed by atoms with Crippen molar-refractivity contribution in [3.63, 3.8) is 0 Å². The molecular weight excluding hydrogens is 558 g/mol. The molecule has 1 spiro atoms. The third-order valence-electron chi connectivity index (χ3n) is 9.82. The average Bonchev–Trinajstić information content (AvgIpc) is 3.06. The fourth-order valence-electron chi connectivity index (χ4n) is 7.08. The number of aliphatic hydroxyl groups is 1. The number of nitrogens with zero attached hydrogens (tertiary/aromatic N) is 2.